The summed E-state index contributed by atoms with van der Waals surface area (Å²) in [5.41, 5.74) is 0. The molecule has 1 heterocycles. The maximum absolute atomic E-state index is 12.4. The molecule has 0 aromatic carbocycles. The van der Waals surface area contributed by atoms with Gasteiger partial charge in [-0.25, -0.2) is 13.1 Å². The van der Waals surface area contributed by atoms with Crippen LogP contribution in [0.15, 0.2) is 16.3 Å². The van der Waals surface area contributed by atoms with Crippen molar-refractivity contribution in [2.24, 2.45) is 5.92 Å². The van der Waals surface area contributed by atoms with Gasteiger partial charge >= 0.3 is 0 Å². The Morgan fingerprint density at radius 1 is 1.24 bits per heavy atom. The fourth-order valence-corrected chi connectivity index (χ4v) is 4.94. The minimum Gasteiger partial charge on any atom is -0.312 e. The summed E-state index contributed by atoms with van der Waals surface area (Å²) >= 11 is 1.49. The number of rotatable bonds is 10. The van der Waals surface area contributed by atoms with Gasteiger partial charge in [0.1, 0.15) is 0 Å². The Bertz CT molecular complexity index is 507. The lowest BCUT2D eigenvalue weighted by Crippen LogP contribution is -2.37. The molecule has 0 fully saturated rings. The first-order chi connectivity index (χ1) is 9.94. The first-order valence-corrected chi connectivity index (χ1v) is 10.1. The van der Waals surface area contributed by atoms with Crippen LogP contribution in [0.3, 0.4) is 0 Å². The van der Waals surface area contributed by atoms with Gasteiger partial charge in [0.15, 0.2) is 0 Å². The summed E-state index contributed by atoms with van der Waals surface area (Å²) < 4.78 is 27.6. The summed E-state index contributed by atoms with van der Waals surface area (Å²) in [6.07, 6.45) is 3.04. The number of hydrogen-bond donors (Lipinski definition) is 2. The first kappa shape index (κ1) is 18.6. The molecule has 4 nitrogen and oxygen atoms in total. The molecular formula is C15H28N2O2S2. The highest BCUT2D eigenvalue weighted by atomic mass is 32.2. The van der Waals surface area contributed by atoms with Crippen LogP contribution >= 0.6 is 11.3 Å². The SMILES string of the molecule is CCCNCc1cc(S(=O)(=O)NC(C)C(CC)CC)cs1. The molecule has 0 amide bonds. The van der Waals surface area contributed by atoms with E-state index in [1.54, 1.807) is 11.4 Å². The van der Waals surface area contributed by atoms with E-state index < -0.39 is 10.0 Å². The average Bonchev–Trinajstić information content (AvgIpc) is 2.89. The van der Waals surface area contributed by atoms with Crippen LogP contribution in [-0.2, 0) is 16.6 Å². The first-order valence-electron chi connectivity index (χ1n) is 7.75. The maximum Gasteiger partial charge on any atom is 0.241 e. The molecular weight excluding hydrogens is 304 g/mol. The van der Waals surface area contributed by atoms with Crippen LogP contribution in [0.1, 0.15) is 51.8 Å². The monoisotopic (exact) mass is 332 g/mol. The predicted octanol–water partition coefficient (Wildman–Crippen LogP) is 3.35. The van der Waals surface area contributed by atoms with Gasteiger partial charge in [-0.2, -0.15) is 0 Å². The van der Waals surface area contributed by atoms with E-state index in [2.05, 4.69) is 30.8 Å². The molecule has 1 unspecified atom stereocenters. The van der Waals surface area contributed by atoms with Crippen LogP contribution in [0.2, 0.25) is 0 Å². The third-order valence-corrected chi connectivity index (χ3v) is 6.39. The second-order valence-corrected chi connectivity index (χ2v) is 8.12. The molecule has 0 bridgehead atoms. The molecule has 1 aromatic heterocycles. The van der Waals surface area contributed by atoms with Crippen molar-refractivity contribution in [1.82, 2.24) is 10.0 Å². The van der Waals surface area contributed by atoms with E-state index in [1.807, 2.05) is 6.92 Å². The Labute approximate surface area is 133 Å². The Balaban J connectivity index is 2.70. The molecule has 2 N–H and O–H groups in total. The molecule has 0 saturated heterocycles. The zero-order chi connectivity index (χ0) is 15.9. The van der Waals surface area contributed by atoms with Crippen LogP contribution in [0.5, 0.6) is 0 Å². The molecule has 0 saturated carbocycles. The van der Waals surface area contributed by atoms with E-state index in [9.17, 15) is 8.42 Å². The fourth-order valence-electron chi connectivity index (χ4n) is 2.39. The molecule has 6 heteroatoms. The third-order valence-electron chi connectivity index (χ3n) is 3.76. The van der Waals surface area contributed by atoms with Crippen LogP contribution < -0.4 is 10.0 Å². The standard InChI is InChI=1S/C15H28N2O2S2/c1-5-8-16-10-14-9-15(11-20-14)21(18,19)17-12(4)13(6-2)7-3/h9,11-13,16-17H,5-8,10H2,1-4H3. The number of thiophene rings is 1. The van der Waals surface area contributed by atoms with E-state index in [1.165, 1.54) is 11.3 Å². The zero-order valence-electron chi connectivity index (χ0n) is 13.5. The molecule has 122 valence electrons. The summed E-state index contributed by atoms with van der Waals surface area (Å²) in [4.78, 5) is 1.44. The lowest BCUT2D eigenvalue weighted by Gasteiger charge is -2.22. The normalized spacial score (nSPS) is 13.8. The van der Waals surface area contributed by atoms with E-state index in [0.29, 0.717) is 10.8 Å². The van der Waals surface area contributed by atoms with E-state index >= 15 is 0 Å². The van der Waals surface area contributed by atoms with Gasteiger partial charge < -0.3 is 5.32 Å². The average molecular weight is 333 g/mol. The van der Waals surface area contributed by atoms with Gasteiger partial charge in [0.05, 0.1) is 4.90 Å². The molecule has 1 atom stereocenters. The van der Waals surface area contributed by atoms with Crippen molar-refractivity contribution >= 4 is 21.4 Å². The van der Waals surface area contributed by atoms with Crippen molar-refractivity contribution in [2.75, 3.05) is 6.54 Å². The summed E-state index contributed by atoms with van der Waals surface area (Å²) in [5, 5.41) is 5.02. The third kappa shape index (κ3) is 5.70. The lowest BCUT2D eigenvalue weighted by molar-refractivity contribution is 0.391. The molecule has 0 aliphatic heterocycles. The molecule has 0 spiro atoms. The molecule has 1 aromatic rings. The highest BCUT2D eigenvalue weighted by molar-refractivity contribution is 7.89. The van der Waals surface area contributed by atoms with Gasteiger partial charge in [-0.15, -0.1) is 11.3 Å². The summed E-state index contributed by atoms with van der Waals surface area (Å²) in [5.74, 6) is 0.379. The van der Waals surface area contributed by atoms with Gasteiger partial charge in [-0.1, -0.05) is 33.6 Å². The quantitative estimate of drug-likeness (QED) is 0.646. The van der Waals surface area contributed by atoms with Crippen LogP contribution in [0, 0.1) is 5.92 Å². The molecule has 1 rings (SSSR count). The Hall–Kier alpha value is -0.430. The molecule has 21 heavy (non-hydrogen) atoms. The van der Waals surface area contributed by atoms with Crippen LogP contribution in [-0.4, -0.2) is 21.0 Å². The zero-order valence-corrected chi connectivity index (χ0v) is 15.1. The van der Waals surface area contributed by atoms with Crippen molar-refractivity contribution in [3.8, 4) is 0 Å². The lowest BCUT2D eigenvalue weighted by atomic mass is 9.96. The van der Waals surface area contributed by atoms with Gasteiger partial charge in [0.25, 0.3) is 0 Å². The summed E-state index contributed by atoms with van der Waals surface area (Å²) in [7, 11) is -3.40. The fraction of sp³-hybridized carbons (Fsp3) is 0.733. The number of sulfonamides is 1. The molecule has 0 radical (unpaired) electrons. The Morgan fingerprint density at radius 3 is 2.48 bits per heavy atom. The number of hydrogen-bond acceptors (Lipinski definition) is 4. The maximum atomic E-state index is 12.4. The number of nitrogens with one attached hydrogen (secondary N) is 2. The van der Waals surface area contributed by atoms with Gasteiger partial charge in [0, 0.05) is 22.8 Å². The topological polar surface area (TPSA) is 58.2 Å². The second kappa shape index (κ2) is 8.88. The van der Waals surface area contributed by atoms with E-state index in [-0.39, 0.29) is 6.04 Å². The summed E-state index contributed by atoms with van der Waals surface area (Å²) in [6, 6.07) is 1.74. The van der Waals surface area contributed by atoms with Crippen LogP contribution in [0.25, 0.3) is 0 Å². The van der Waals surface area contributed by atoms with Gasteiger partial charge in [-0.3, -0.25) is 0 Å². The van der Waals surface area contributed by atoms with Crippen molar-refractivity contribution in [3.63, 3.8) is 0 Å². The van der Waals surface area contributed by atoms with Gasteiger partial charge in [0.2, 0.25) is 10.0 Å². The molecule has 0 aliphatic carbocycles. The van der Waals surface area contributed by atoms with E-state index in [4.69, 9.17) is 0 Å². The Kier molecular flexibility index (Phi) is 7.87. The van der Waals surface area contributed by atoms with E-state index in [0.717, 1.165) is 37.2 Å². The van der Waals surface area contributed by atoms with Crippen molar-refractivity contribution in [1.29, 1.82) is 0 Å². The second-order valence-electron chi connectivity index (χ2n) is 5.41. The summed E-state index contributed by atoms with van der Waals surface area (Å²) in [6.45, 7) is 9.94. The van der Waals surface area contributed by atoms with Gasteiger partial charge in [-0.05, 0) is 31.9 Å². The van der Waals surface area contributed by atoms with Crippen molar-refractivity contribution < 1.29 is 8.42 Å². The van der Waals surface area contributed by atoms with Crippen LogP contribution in [0.4, 0.5) is 0 Å². The minimum absolute atomic E-state index is 0.0356. The highest BCUT2D eigenvalue weighted by Crippen LogP contribution is 2.21. The van der Waals surface area contributed by atoms with Crippen molar-refractivity contribution in [3.05, 3.63) is 16.3 Å². The largest absolute Gasteiger partial charge is 0.312 e. The predicted molar refractivity (Wildman–Crippen MR) is 90.2 cm³/mol. The minimum atomic E-state index is -3.40. The smallest absolute Gasteiger partial charge is 0.241 e. The Morgan fingerprint density at radius 2 is 1.90 bits per heavy atom. The highest BCUT2D eigenvalue weighted by Gasteiger charge is 2.22. The molecule has 0 aliphatic rings. The van der Waals surface area contributed by atoms with Crippen molar-refractivity contribution in [2.45, 2.75) is 64.4 Å².